The molecule has 0 atom stereocenters. The third-order valence-corrected chi connectivity index (χ3v) is 5.96. The average molecular weight is 413 g/mol. The van der Waals surface area contributed by atoms with E-state index < -0.39 is 10.0 Å². The number of anilines is 1. The maximum absolute atomic E-state index is 12.5. The second kappa shape index (κ2) is 8.53. The number of carbonyl (C=O) groups is 1. The fraction of sp³-hybridized carbons (Fsp3) is 0.227. The third-order valence-electron chi connectivity index (χ3n) is 4.76. The van der Waals surface area contributed by atoms with Crippen molar-refractivity contribution in [3.05, 3.63) is 71.8 Å². The maximum Gasteiger partial charge on any atom is 0.251 e. The summed E-state index contributed by atoms with van der Waals surface area (Å²) in [5.41, 5.74) is 1.52. The van der Waals surface area contributed by atoms with Crippen LogP contribution >= 0.6 is 0 Å². The van der Waals surface area contributed by atoms with Gasteiger partial charge in [-0.05, 0) is 47.5 Å². The summed E-state index contributed by atoms with van der Waals surface area (Å²) in [6.07, 6.45) is 1.13. The van der Waals surface area contributed by atoms with Crippen molar-refractivity contribution in [1.82, 2.24) is 5.32 Å². The zero-order chi connectivity index (χ0) is 21.0. The first kappa shape index (κ1) is 20.7. The summed E-state index contributed by atoms with van der Waals surface area (Å²) in [4.78, 5) is 12.5. The lowest BCUT2D eigenvalue weighted by molar-refractivity contribution is 0.0946. The Morgan fingerprint density at radius 3 is 2.48 bits per heavy atom. The quantitative estimate of drug-likeness (QED) is 0.604. The van der Waals surface area contributed by atoms with Gasteiger partial charge in [0.25, 0.3) is 5.91 Å². The molecule has 3 rings (SSSR count). The molecular weight excluding hydrogens is 388 g/mol. The van der Waals surface area contributed by atoms with E-state index in [1.807, 2.05) is 42.5 Å². The number of sulfonamides is 1. The van der Waals surface area contributed by atoms with Gasteiger partial charge in [-0.25, -0.2) is 8.42 Å². The summed E-state index contributed by atoms with van der Waals surface area (Å²) < 4.78 is 30.5. The van der Waals surface area contributed by atoms with Crippen molar-refractivity contribution < 1.29 is 17.9 Å². The second-order valence-electron chi connectivity index (χ2n) is 6.79. The lowest BCUT2D eigenvalue weighted by atomic mass is 10.1. The van der Waals surface area contributed by atoms with Crippen LogP contribution in [-0.4, -0.2) is 40.8 Å². The van der Waals surface area contributed by atoms with Crippen molar-refractivity contribution in [1.29, 1.82) is 0 Å². The lowest BCUT2D eigenvalue weighted by Gasteiger charge is -2.20. The number of fused-ring (bicyclic) bond motifs is 1. The molecule has 0 aliphatic heterocycles. The zero-order valence-electron chi connectivity index (χ0n) is 16.7. The van der Waals surface area contributed by atoms with Gasteiger partial charge in [0.15, 0.2) is 0 Å². The predicted molar refractivity (Wildman–Crippen MR) is 116 cm³/mol. The highest BCUT2D eigenvalue weighted by molar-refractivity contribution is 7.92. The molecule has 7 heteroatoms. The lowest BCUT2D eigenvalue weighted by Crippen LogP contribution is -2.30. The molecule has 1 N–H and O–H groups in total. The molecule has 0 saturated carbocycles. The minimum absolute atomic E-state index is 0.270. The first-order chi connectivity index (χ1) is 13.8. The largest absolute Gasteiger partial charge is 0.492 e. The van der Waals surface area contributed by atoms with Crippen LogP contribution < -0.4 is 14.4 Å². The molecule has 0 aromatic heterocycles. The Hall–Kier alpha value is -3.06. The van der Waals surface area contributed by atoms with Gasteiger partial charge in [-0.3, -0.25) is 9.10 Å². The van der Waals surface area contributed by atoms with E-state index in [0.717, 1.165) is 22.8 Å². The number of hydrogen-bond donors (Lipinski definition) is 1. The molecular formula is C22H24N2O4S. The standard InChI is InChI=1S/C22H24N2O4S/c1-16-20(9-6-10-21(16)24(2)29(3,26)27)22(25)23-13-14-28-19-12-11-17-7-4-5-8-18(17)15-19/h4-12,15H,13-14H2,1-3H3,(H,23,25). The topological polar surface area (TPSA) is 75.7 Å². The van der Waals surface area contributed by atoms with Gasteiger partial charge in [0.1, 0.15) is 12.4 Å². The highest BCUT2D eigenvalue weighted by atomic mass is 32.2. The van der Waals surface area contributed by atoms with Gasteiger partial charge in [0.05, 0.1) is 18.5 Å². The van der Waals surface area contributed by atoms with E-state index in [0.29, 0.717) is 30.0 Å². The van der Waals surface area contributed by atoms with Crippen LogP contribution in [0.2, 0.25) is 0 Å². The van der Waals surface area contributed by atoms with Crippen LogP contribution in [0.1, 0.15) is 15.9 Å². The Kier molecular flexibility index (Phi) is 6.08. The number of amides is 1. The number of rotatable bonds is 7. The van der Waals surface area contributed by atoms with Crippen molar-refractivity contribution in [2.75, 3.05) is 30.8 Å². The normalized spacial score (nSPS) is 11.3. The molecule has 3 aromatic carbocycles. The van der Waals surface area contributed by atoms with E-state index in [-0.39, 0.29) is 5.91 Å². The van der Waals surface area contributed by atoms with Crippen LogP contribution in [0.5, 0.6) is 5.75 Å². The Balaban J connectivity index is 1.60. The summed E-state index contributed by atoms with van der Waals surface area (Å²) in [7, 11) is -1.94. The van der Waals surface area contributed by atoms with E-state index in [2.05, 4.69) is 5.32 Å². The van der Waals surface area contributed by atoms with Crippen LogP contribution in [-0.2, 0) is 10.0 Å². The SMILES string of the molecule is Cc1c(C(=O)NCCOc2ccc3ccccc3c2)cccc1N(C)S(C)(=O)=O. The van der Waals surface area contributed by atoms with Gasteiger partial charge in [-0.15, -0.1) is 0 Å². The number of nitrogens with one attached hydrogen (secondary N) is 1. The molecule has 0 fully saturated rings. The fourth-order valence-electron chi connectivity index (χ4n) is 3.08. The monoisotopic (exact) mass is 412 g/mol. The molecule has 152 valence electrons. The average Bonchev–Trinajstić information content (AvgIpc) is 2.70. The van der Waals surface area contributed by atoms with Crippen LogP contribution in [0.25, 0.3) is 10.8 Å². The molecule has 1 amide bonds. The van der Waals surface area contributed by atoms with Crippen molar-refractivity contribution in [2.24, 2.45) is 0 Å². The van der Waals surface area contributed by atoms with Gasteiger partial charge >= 0.3 is 0 Å². The first-order valence-electron chi connectivity index (χ1n) is 9.20. The smallest absolute Gasteiger partial charge is 0.251 e. The molecule has 0 heterocycles. The molecule has 29 heavy (non-hydrogen) atoms. The van der Waals surface area contributed by atoms with Gasteiger partial charge in [0, 0.05) is 12.6 Å². The number of carbonyl (C=O) groups excluding carboxylic acids is 1. The van der Waals surface area contributed by atoms with Crippen LogP contribution in [0.3, 0.4) is 0 Å². The highest BCUT2D eigenvalue weighted by Gasteiger charge is 2.18. The van der Waals surface area contributed by atoms with E-state index in [1.165, 1.54) is 11.4 Å². The summed E-state index contributed by atoms with van der Waals surface area (Å²) in [6.45, 7) is 2.39. The molecule has 3 aromatic rings. The Morgan fingerprint density at radius 2 is 1.76 bits per heavy atom. The molecule has 0 radical (unpaired) electrons. The second-order valence-corrected chi connectivity index (χ2v) is 8.81. The number of nitrogens with zero attached hydrogens (tertiary/aromatic N) is 1. The van der Waals surface area contributed by atoms with Crippen molar-refractivity contribution >= 4 is 32.4 Å². The van der Waals surface area contributed by atoms with Crippen LogP contribution in [0.15, 0.2) is 60.7 Å². The van der Waals surface area contributed by atoms with E-state index >= 15 is 0 Å². The zero-order valence-corrected chi connectivity index (χ0v) is 17.5. The molecule has 0 unspecified atom stereocenters. The van der Waals surface area contributed by atoms with Crippen molar-refractivity contribution in [3.8, 4) is 5.75 Å². The molecule has 0 aliphatic carbocycles. The molecule has 0 spiro atoms. The van der Waals surface area contributed by atoms with Crippen LogP contribution in [0, 0.1) is 6.92 Å². The fourth-order valence-corrected chi connectivity index (χ4v) is 3.63. The number of hydrogen-bond acceptors (Lipinski definition) is 4. The van der Waals surface area contributed by atoms with Gasteiger partial charge < -0.3 is 10.1 Å². The number of benzene rings is 3. The molecule has 0 bridgehead atoms. The van der Waals surface area contributed by atoms with Gasteiger partial charge in [-0.1, -0.05) is 36.4 Å². The van der Waals surface area contributed by atoms with E-state index in [1.54, 1.807) is 25.1 Å². The maximum atomic E-state index is 12.5. The Morgan fingerprint density at radius 1 is 1.03 bits per heavy atom. The van der Waals surface area contributed by atoms with Gasteiger partial charge in [0.2, 0.25) is 10.0 Å². The predicted octanol–water partition coefficient (Wildman–Crippen LogP) is 3.35. The van der Waals surface area contributed by atoms with E-state index in [4.69, 9.17) is 4.74 Å². The van der Waals surface area contributed by atoms with E-state index in [9.17, 15) is 13.2 Å². The molecule has 6 nitrogen and oxygen atoms in total. The Labute approximate surface area is 171 Å². The molecule has 0 saturated heterocycles. The highest BCUT2D eigenvalue weighted by Crippen LogP contribution is 2.24. The summed E-state index contributed by atoms with van der Waals surface area (Å²) in [5.74, 6) is 0.472. The van der Waals surface area contributed by atoms with Gasteiger partial charge in [-0.2, -0.15) is 0 Å². The summed E-state index contributed by atoms with van der Waals surface area (Å²) >= 11 is 0. The summed E-state index contributed by atoms with van der Waals surface area (Å²) in [6, 6.07) is 18.9. The third kappa shape index (κ3) is 4.86. The molecule has 0 aliphatic rings. The van der Waals surface area contributed by atoms with Crippen molar-refractivity contribution in [2.45, 2.75) is 6.92 Å². The minimum atomic E-state index is -3.41. The summed E-state index contributed by atoms with van der Waals surface area (Å²) in [5, 5.41) is 5.06. The van der Waals surface area contributed by atoms with Crippen molar-refractivity contribution in [3.63, 3.8) is 0 Å². The number of ether oxygens (including phenoxy) is 1. The van der Waals surface area contributed by atoms with Crippen LogP contribution in [0.4, 0.5) is 5.69 Å². The first-order valence-corrected chi connectivity index (χ1v) is 11.1. The Bertz CT molecular complexity index is 1140. The minimum Gasteiger partial charge on any atom is -0.492 e.